The largest absolute Gasteiger partial charge is 0.477 e. The van der Waals surface area contributed by atoms with Gasteiger partial charge in [0, 0.05) is 25.7 Å². The first kappa shape index (κ1) is 23.6. The molecule has 2 aliphatic rings. The van der Waals surface area contributed by atoms with Gasteiger partial charge in [0.25, 0.3) is 11.6 Å². The van der Waals surface area contributed by atoms with E-state index in [9.17, 15) is 24.3 Å². The van der Waals surface area contributed by atoms with Crippen molar-refractivity contribution in [3.63, 3.8) is 0 Å². The smallest absolute Gasteiger partial charge is 0.358 e. The summed E-state index contributed by atoms with van der Waals surface area (Å²) in [4.78, 5) is 49.7. The molecule has 18 heteroatoms. The Morgan fingerprint density at radius 2 is 2.06 bits per heavy atom. The molecule has 0 aliphatic carbocycles. The number of nitrogens with one attached hydrogen (secondary N) is 1. The number of aryl methyl sites for hydroxylation is 1. The number of aliphatic carboxylic acids is 1. The van der Waals surface area contributed by atoms with Crippen molar-refractivity contribution >= 4 is 47.3 Å². The monoisotopic (exact) mass is 511 g/mol. The number of carbonyl (C=O) groups excluding carboxylic acids is 2. The molecule has 4 rings (SSSR count). The molecular formula is C16H17N9O7S2. The summed E-state index contributed by atoms with van der Waals surface area (Å²) < 4.78 is 7.81. The van der Waals surface area contributed by atoms with Gasteiger partial charge in [0.05, 0.1) is 6.20 Å². The molecule has 0 unspecified atom stereocenters. The maximum atomic E-state index is 13.1. The van der Waals surface area contributed by atoms with E-state index in [1.807, 2.05) is 0 Å². The SMILES string of the molecule is CO[C@@]1(NC(=O)Cn2cc(C(=O)O)nn2)C(=O)N2C(C(=O)O)=C(CSc3nnnn3C)CS[C@@H]21. The van der Waals surface area contributed by atoms with Gasteiger partial charge in [0.2, 0.25) is 11.1 Å². The Morgan fingerprint density at radius 1 is 1.29 bits per heavy atom. The molecule has 16 nitrogen and oxygen atoms in total. The third-order valence-electron chi connectivity index (χ3n) is 4.98. The third kappa shape index (κ3) is 3.99. The lowest BCUT2D eigenvalue weighted by atomic mass is 9.98. The van der Waals surface area contributed by atoms with Crippen LogP contribution in [0.15, 0.2) is 22.6 Å². The summed E-state index contributed by atoms with van der Waals surface area (Å²) in [6.07, 6.45) is 1.06. The Labute approximate surface area is 198 Å². The highest BCUT2D eigenvalue weighted by atomic mass is 32.2. The zero-order valence-corrected chi connectivity index (χ0v) is 19.2. The first-order valence-corrected chi connectivity index (χ1v) is 11.5. The second-order valence-corrected chi connectivity index (χ2v) is 9.08. The summed E-state index contributed by atoms with van der Waals surface area (Å²) in [5, 5.41) is 38.9. The summed E-state index contributed by atoms with van der Waals surface area (Å²) in [7, 11) is 2.88. The molecule has 0 spiro atoms. The number of nitrogens with zero attached hydrogens (tertiary/aromatic N) is 8. The van der Waals surface area contributed by atoms with E-state index >= 15 is 0 Å². The Balaban J connectivity index is 1.50. The predicted octanol–water partition coefficient (Wildman–Crippen LogP) is -2.00. The summed E-state index contributed by atoms with van der Waals surface area (Å²) in [5.74, 6) is -3.53. The van der Waals surface area contributed by atoms with Gasteiger partial charge >= 0.3 is 11.9 Å². The molecule has 0 aromatic carbocycles. The van der Waals surface area contributed by atoms with Crippen LogP contribution in [0.2, 0.25) is 0 Å². The standard InChI is InChI=1S/C16H17N9O7S2/c1-23-15(19-20-22-23)34-6-7-5-33-14-16(32-2,13(31)25(14)10(7)12(29)30)17-9(26)4-24-3-8(11(27)28)18-21-24/h3,14H,4-6H2,1-2H3,(H,17,26)(H,27,28)(H,29,30)/t14-,16+/m1/s1. The summed E-state index contributed by atoms with van der Waals surface area (Å²) in [6.45, 7) is -0.425. The Kier molecular flexibility index (Phi) is 6.28. The van der Waals surface area contributed by atoms with E-state index in [1.165, 1.54) is 35.3 Å². The van der Waals surface area contributed by atoms with Gasteiger partial charge in [-0.05, 0) is 16.0 Å². The van der Waals surface area contributed by atoms with Crippen LogP contribution < -0.4 is 5.32 Å². The fraction of sp³-hybridized carbons (Fsp3) is 0.438. The number of carboxylic acids is 2. The molecule has 1 fully saturated rings. The van der Waals surface area contributed by atoms with Crippen LogP contribution in [0.5, 0.6) is 0 Å². The van der Waals surface area contributed by atoms with Crippen LogP contribution in [-0.2, 0) is 32.7 Å². The maximum absolute atomic E-state index is 13.1. The minimum atomic E-state index is -1.79. The molecule has 2 aliphatic heterocycles. The number of methoxy groups -OCH3 is 1. The van der Waals surface area contributed by atoms with Crippen LogP contribution in [0.1, 0.15) is 10.5 Å². The summed E-state index contributed by atoms with van der Waals surface area (Å²) >= 11 is 2.46. The lowest BCUT2D eigenvalue weighted by molar-refractivity contribution is -0.192. The van der Waals surface area contributed by atoms with Crippen molar-refractivity contribution in [2.24, 2.45) is 7.05 Å². The zero-order chi connectivity index (χ0) is 24.6. The van der Waals surface area contributed by atoms with Gasteiger partial charge in [-0.3, -0.25) is 14.5 Å². The molecule has 3 N–H and O–H groups in total. The lowest BCUT2D eigenvalue weighted by Gasteiger charge is -2.55. The quantitative estimate of drug-likeness (QED) is 0.189. The van der Waals surface area contributed by atoms with Crippen molar-refractivity contribution in [1.82, 2.24) is 45.4 Å². The van der Waals surface area contributed by atoms with Gasteiger partial charge < -0.3 is 20.3 Å². The zero-order valence-electron chi connectivity index (χ0n) is 17.6. The number of fused-ring (bicyclic) bond motifs is 1. The Hall–Kier alpha value is -3.51. The van der Waals surface area contributed by atoms with Gasteiger partial charge in [-0.1, -0.05) is 17.0 Å². The van der Waals surface area contributed by atoms with Gasteiger partial charge in [-0.15, -0.1) is 22.0 Å². The highest BCUT2D eigenvalue weighted by Gasteiger charge is 2.66. The normalized spacial score (nSPS) is 21.8. The van der Waals surface area contributed by atoms with E-state index in [1.54, 1.807) is 7.05 Å². The Bertz CT molecular complexity index is 1210. The number of thioether (sulfide) groups is 2. The molecule has 0 bridgehead atoms. The number of aromatic nitrogens is 7. The number of carboxylic acid groups (broad SMARTS) is 2. The molecule has 0 saturated carbocycles. The van der Waals surface area contributed by atoms with Gasteiger partial charge in [-0.2, -0.15) is 0 Å². The average Bonchev–Trinajstić information content (AvgIpc) is 3.43. The van der Waals surface area contributed by atoms with E-state index < -0.39 is 41.4 Å². The molecule has 180 valence electrons. The van der Waals surface area contributed by atoms with Crippen molar-refractivity contribution in [2.75, 3.05) is 18.6 Å². The number of rotatable bonds is 9. The Morgan fingerprint density at radius 3 is 2.65 bits per heavy atom. The molecule has 4 heterocycles. The van der Waals surface area contributed by atoms with Crippen LogP contribution >= 0.6 is 23.5 Å². The topological polar surface area (TPSA) is 208 Å². The number of tetrazole rings is 1. The molecule has 2 amide bonds. The van der Waals surface area contributed by atoms with Crippen molar-refractivity contribution in [2.45, 2.75) is 22.8 Å². The first-order valence-electron chi connectivity index (χ1n) is 9.43. The molecule has 1 saturated heterocycles. The molecular weight excluding hydrogens is 494 g/mol. The average molecular weight is 512 g/mol. The van der Waals surface area contributed by atoms with Gasteiger partial charge in [0.15, 0.2) is 5.69 Å². The van der Waals surface area contributed by atoms with Gasteiger partial charge in [0.1, 0.15) is 17.6 Å². The van der Waals surface area contributed by atoms with Crippen LogP contribution in [0, 0.1) is 0 Å². The second-order valence-electron chi connectivity index (χ2n) is 7.06. The number of hydrogen-bond donors (Lipinski definition) is 3. The van der Waals surface area contributed by atoms with E-state index in [2.05, 4.69) is 31.2 Å². The van der Waals surface area contributed by atoms with Crippen LogP contribution in [-0.4, -0.2) is 104 Å². The summed E-state index contributed by atoms with van der Waals surface area (Å²) in [6, 6.07) is 0. The molecule has 2 atom stereocenters. The van der Waals surface area contributed by atoms with Crippen molar-refractivity contribution in [3.05, 3.63) is 23.2 Å². The van der Waals surface area contributed by atoms with E-state index in [4.69, 9.17) is 9.84 Å². The predicted molar refractivity (Wildman–Crippen MR) is 112 cm³/mol. The number of aromatic carboxylic acids is 1. The number of ether oxygens (including phenoxy) is 1. The van der Waals surface area contributed by atoms with Gasteiger partial charge in [-0.25, -0.2) is 19.0 Å². The highest BCUT2D eigenvalue weighted by molar-refractivity contribution is 8.01. The van der Waals surface area contributed by atoms with E-state index in [0.717, 1.165) is 15.8 Å². The van der Waals surface area contributed by atoms with Crippen molar-refractivity contribution < 1.29 is 34.1 Å². The second kappa shape index (κ2) is 9.03. The fourth-order valence-electron chi connectivity index (χ4n) is 3.42. The number of hydrogen-bond acceptors (Lipinski definition) is 12. The van der Waals surface area contributed by atoms with Crippen molar-refractivity contribution in [1.29, 1.82) is 0 Å². The van der Waals surface area contributed by atoms with Crippen molar-refractivity contribution in [3.8, 4) is 0 Å². The van der Waals surface area contributed by atoms with Crippen LogP contribution in [0.3, 0.4) is 0 Å². The van der Waals surface area contributed by atoms with Crippen LogP contribution in [0.4, 0.5) is 0 Å². The fourth-order valence-corrected chi connectivity index (χ4v) is 5.84. The lowest BCUT2D eigenvalue weighted by Crippen LogP contribution is -2.80. The first-order chi connectivity index (χ1) is 16.2. The molecule has 34 heavy (non-hydrogen) atoms. The minimum absolute atomic E-state index is 0.180. The molecule has 2 aromatic rings. The number of β-lactam (4-membered cyclic amide) rings is 1. The molecule has 0 radical (unpaired) electrons. The third-order valence-corrected chi connectivity index (χ3v) is 7.45. The maximum Gasteiger partial charge on any atom is 0.358 e. The van der Waals surface area contributed by atoms with E-state index in [-0.39, 0.29) is 22.9 Å². The van der Waals surface area contributed by atoms with E-state index in [0.29, 0.717) is 10.7 Å². The molecule has 2 aromatic heterocycles. The number of carbonyl (C=O) groups is 4. The minimum Gasteiger partial charge on any atom is -0.477 e. The number of amides is 2. The highest BCUT2D eigenvalue weighted by Crippen LogP contribution is 2.47. The summed E-state index contributed by atoms with van der Waals surface area (Å²) in [5.41, 5.74) is -1.82. The van der Waals surface area contributed by atoms with Crippen LogP contribution in [0.25, 0.3) is 0 Å².